The van der Waals surface area contributed by atoms with Crippen molar-refractivity contribution in [3.05, 3.63) is 63.7 Å². The van der Waals surface area contributed by atoms with Crippen LogP contribution in [0, 0.1) is 19.7 Å². The maximum atomic E-state index is 14.8. The van der Waals surface area contributed by atoms with Crippen LogP contribution in [0.3, 0.4) is 0 Å². The molecule has 0 radical (unpaired) electrons. The van der Waals surface area contributed by atoms with E-state index in [1.165, 1.54) is 12.3 Å². The van der Waals surface area contributed by atoms with Gasteiger partial charge < -0.3 is 11.1 Å². The highest BCUT2D eigenvalue weighted by molar-refractivity contribution is 5.57. The minimum atomic E-state index is -0.487. The largest absolute Gasteiger partial charge is 0.404 e. The minimum Gasteiger partial charge on any atom is -0.404 e. The Balaban J connectivity index is 2.49. The van der Waals surface area contributed by atoms with Gasteiger partial charge in [-0.1, -0.05) is 32.1 Å². The Bertz CT molecular complexity index is 936. The number of nitrogens with one attached hydrogen (secondary N) is 1. The van der Waals surface area contributed by atoms with Crippen molar-refractivity contribution in [1.29, 1.82) is 0 Å². The fraction of sp³-hybridized carbons (Fsp3) is 0.300. The first kappa shape index (κ1) is 19.6. The lowest BCUT2D eigenvalue weighted by Gasteiger charge is -2.11. The van der Waals surface area contributed by atoms with Gasteiger partial charge in [-0.25, -0.2) is 18.7 Å². The average molecular weight is 358 g/mol. The number of anilines is 1. The van der Waals surface area contributed by atoms with Crippen LogP contribution in [0.1, 0.15) is 36.7 Å². The lowest BCUT2D eigenvalue weighted by Crippen LogP contribution is -2.36. The molecular formula is C20H24F2N4. The molecule has 0 unspecified atom stereocenters. The maximum absolute atomic E-state index is 14.8. The van der Waals surface area contributed by atoms with Gasteiger partial charge in [0.1, 0.15) is 22.8 Å². The second-order valence-corrected chi connectivity index (χ2v) is 6.09. The number of rotatable bonds is 6. The summed E-state index contributed by atoms with van der Waals surface area (Å²) in [6, 6.07) is 4.88. The predicted octanol–water partition coefficient (Wildman–Crippen LogP) is 2.98. The molecule has 26 heavy (non-hydrogen) atoms. The zero-order valence-corrected chi connectivity index (χ0v) is 15.4. The smallest absolute Gasteiger partial charge is 0.152 e. The molecule has 2 aromatic rings. The van der Waals surface area contributed by atoms with Crippen LogP contribution in [-0.2, 0) is 6.54 Å². The van der Waals surface area contributed by atoms with Crippen molar-refractivity contribution in [2.75, 3.05) is 5.32 Å². The van der Waals surface area contributed by atoms with Crippen LogP contribution >= 0.6 is 0 Å². The number of nitrogens with two attached hydrogens (primary N) is 1. The molecule has 1 heterocycles. The lowest BCUT2D eigenvalue weighted by molar-refractivity contribution is 0.616. The fourth-order valence-electron chi connectivity index (χ4n) is 2.64. The van der Waals surface area contributed by atoms with Gasteiger partial charge in [-0.2, -0.15) is 0 Å². The molecule has 4 nitrogen and oxygen atoms in total. The highest BCUT2D eigenvalue weighted by Crippen LogP contribution is 2.15. The fourth-order valence-corrected chi connectivity index (χ4v) is 2.64. The summed E-state index contributed by atoms with van der Waals surface area (Å²) in [6.07, 6.45) is 2.58. The highest BCUT2D eigenvalue weighted by Gasteiger charge is 2.10. The number of aryl methyl sites for hydroxylation is 1. The van der Waals surface area contributed by atoms with Crippen molar-refractivity contribution in [3.63, 3.8) is 0 Å². The molecular weight excluding hydrogens is 334 g/mol. The molecule has 0 spiro atoms. The van der Waals surface area contributed by atoms with E-state index in [2.05, 4.69) is 21.9 Å². The number of nitrogens with zero attached hydrogens (tertiary/aromatic N) is 2. The highest BCUT2D eigenvalue weighted by atomic mass is 19.1. The zero-order chi connectivity index (χ0) is 19.3. The summed E-state index contributed by atoms with van der Waals surface area (Å²) in [5.74, 6) is 0.0466. The van der Waals surface area contributed by atoms with Crippen LogP contribution in [-0.4, -0.2) is 9.97 Å². The second kappa shape index (κ2) is 8.56. The van der Waals surface area contributed by atoms with Gasteiger partial charge in [-0.3, -0.25) is 0 Å². The third-order valence-electron chi connectivity index (χ3n) is 4.12. The van der Waals surface area contributed by atoms with Crippen LogP contribution in [0.15, 0.2) is 30.4 Å². The topological polar surface area (TPSA) is 63.8 Å². The molecule has 0 aliphatic heterocycles. The third kappa shape index (κ3) is 4.25. The van der Waals surface area contributed by atoms with E-state index in [0.29, 0.717) is 41.0 Å². The van der Waals surface area contributed by atoms with Gasteiger partial charge >= 0.3 is 0 Å². The molecule has 2 rings (SSSR count). The summed E-state index contributed by atoms with van der Waals surface area (Å²) in [5.41, 5.74) is 7.43. The summed E-state index contributed by atoms with van der Waals surface area (Å²) in [4.78, 5) is 8.52. The summed E-state index contributed by atoms with van der Waals surface area (Å²) >= 11 is 0. The molecule has 0 aliphatic carbocycles. The first-order valence-corrected chi connectivity index (χ1v) is 8.51. The number of aromatic nitrogens is 2. The Morgan fingerprint density at radius 3 is 2.69 bits per heavy atom. The molecule has 3 N–H and O–H groups in total. The maximum Gasteiger partial charge on any atom is 0.152 e. The summed E-state index contributed by atoms with van der Waals surface area (Å²) in [5, 5.41) is 3.60. The van der Waals surface area contributed by atoms with Crippen molar-refractivity contribution < 1.29 is 8.78 Å². The molecule has 0 fully saturated rings. The normalized spacial score (nSPS) is 12.9. The zero-order valence-electron chi connectivity index (χ0n) is 15.4. The first-order chi connectivity index (χ1) is 12.4. The van der Waals surface area contributed by atoms with E-state index in [1.54, 1.807) is 19.9 Å². The van der Waals surface area contributed by atoms with Crippen molar-refractivity contribution in [1.82, 2.24) is 9.97 Å². The van der Waals surface area contributed by atoms with Gasteiger partial charge in [0, 0.05) is 12.7 Å². The van der Waals surface area contributed by atoms with Gasteiger partial charge in [0.25, 0.3) is 0 Å². The van der Waals surface area contributed by atoms with E-state index < -0.39 is 5.83 Å². The second-order valence-electron chi connectivity index (χ2n) is 6.09. The number of hydrogen-bond donors (Lipinski definition) is 2. The molecule has 0 amide bonds. The van der Waals surface area contributed by atoms with Crippen molar-refractivity contribution in [2.45, 2.75) is 40.2 Å². The number of allylic oxidation sites excluding steroid dienone is 1. The number of benzene rings is 1. The van der Waals surface area contributed by atoms with Gasteiger partial charge in [-0.15, -0.1) is 0 Å². The van der Waals surface area contributed by atoms with E-state index in [1.807, 2.05) is 13.0 Å². The van der Waals surface area contributed by atoms with E-state index in [4.69, 9.17) is 5.73 Å². The molecule has 0 saturated heterocycles. The molecule has 1 aromatic carbocycles. The molecule has 0 bridgehead atoms. The van der Waals surface area contributed by atoms with Crippen LogP contribution in [0.5, 0.6) is 0 Å². The van der Waals surface area contributed by atoms with Crippen LogP contribution in [0.2, 0.25) is 0 Å². The monoisotopic (exact) mass is 358 g/mol. The van der Waals surface area contributed by atoms with Crippen molar-refractivity contribution in [2.24, 2.45) is 5.73 Å². The molecule has 0 saturated carbocycles. The number of hydrogen-bond acceptors (Lipinski definition) is 4. The Kier molecular flexibility index (Phi) is 6.44. The number of halogens is 2. The lowest BCUT2D eigenvalue weighted by atomic mass is 10.1. The Morgan fingerprint density at radius 1 is 1.31 bits per heavy atom. The molecule has 1 aromatic heterocycles. The van der Waals surface area contributed by atoms with Crippen LogP contribution in [0.25, 0.3) is 12.0 Å². The summed E-state index contributed by atoms with van der Waals surface area (Å²) < 4.78 is 28.5. The molecule has 6 heteroatoms. The summed E-state index contributed by atoms with van der Waals surface area (Å²) in [6.45, 7) is 9.45. The predicted molar refractivity (Wildman–Crippen MR) is 102 cm³/mol. The van der Waals surface area contributed by atoms with Crippen LogP contribution in [0.4, 0.5) is 14.6 Å². The van der Waals surface area contributed by atoms with Gasteiger partial charge in [-0.05, 0) is 43.0 Å². The summed E-state index contributed by atoms with van der Waals surface area (Å²) in [7, 11) is 0. The SMILES string of the molecule is C=C(CCC)/C(F)=c1/nc(C)nc(NCc2cccc(F)c2C)/c1=C/N. The standard InChI is InChI=1S/C20H24F2N4/c1-5-7-12(2)18(22)19-16(10-23)20(26-14(4)25-19)24-11-15-8-6-9-17(21)13(15)3/h6,8-10H,2,5,7,11,23H2,1,3-4H3,(H,24,25,26)/b16-10+,19-18-. The third-order valence-corrected chi connectivity index (χ3v) is 4.12. The quantitative estimate of drug-likeness (QED) is 0.833. The average Bonchev–Trinajstić information content (AvgIpc) is 2.62. The molecule has 0 atom stereocenters. The Hall–Kier alpha value is -2.76. The van der Waals surface area contributed by atoms with Crippen LogP contribution < -0.4 is 21.6 Å². The van der Waals surface area contributed by atoms with Gasteiger partial charge in [0.15, 0.2) is 5.83 Å². The van der Waals surface area contributed by atoms with E-state index in [0.717, 1.165) is 12.0 Å². The van der Waals surface area contributed by atoms with Crippen molar-refractivity contribution >= 4 is 17.8 Å². The molecule has 138 valence electrons. The minimum absolute atomic E-state index is 0.122. The van der Waals surface area contributed by atoms with Crippen molar-refractivity contribution in [3.8, 4) is 0 Å². The van der Waals surface area contributed by atoms with E-state index in [-0.39, 0.29) is 11.2 Å². The Morgan fingerprint density at radius 2 is 2.04 bits per heavy atom. The van der Waals surface area contributed by atoms with E-state index >= 15 is 0 Å². The molecule has 0 aliphatic rings. The van der Waals surface area contributed by atoms with Gasteiger partial charge in [0.2, 0.25) is 0 Å². The first-order valence-electron chi connectivity index (χ1n) is 8.51. The van der Waals surface area contributed by atoms with Gasteiger partial charge in [0.05, 0.1) is 5.22 Å². The van der Waals surface area contributed by atoms with E-state index in [9.17, 15) is 8.78 Å². The Labute approximate surface area is 152 Å².